The van der Waals surface area contributed by atoms with E-state index in [2.05, 4.69) is 24.1 Å². The number of hydrogen-bond donors (Lipinski definition) is 1. The SMILES string of the molecule is CCC(C)CN1CCNC2(CCCCC2)C1. The summed E-state index contributed by atoms with van der Waals surface area (Å²) in [6, 6.07) is 0. The predicted molar refractivity (Wildman–Crippen MR) is 69.7 cm³/mol. The quantitative estimate of drug-likeness (QED) is 0.793. The Balaban J connectivity index is 1.87. The Kier molecular flexibility index (Phi) is 4.26. The molecule has 2 rings (SSSR count). The van der Waals surface area contributed by atoms with Crippen LogP contribution in [0.2, 0.25) is 0 Å². The molecule has 1 saturated carbocycles. The minimum atomic E-state index is 0.490. The standard InChI is InChI=1S/C14H28N2/c1-3-13(2)11-16-10-9-15-14(12-16)7-5-4-6-8-14/h13,15H,3-12H2,1-2H3. The third-order valence-electron chi connectivity index (χ3n) is 4.53. The van der Waals surface area contributed by atoms with Gasteiger partial charge in [0.05, 0.1) is 0 Å². The van der Waals surface area contributed by atoms with Crippen LogP contribution in [0.4, 0.5) is 0 Å². The average molecular weight is 224 g/mol. The zero-order valence-corrected chi connectivity index (χ0v) is 11.1. The molecule has 1 aliphatic carbocycles. The molecular weight excluding hydrogens is 196 g/mol. The lowest BCUT2D eigenvalue weighted by atomic mass is 9.80. The van der Waals surface area contributed by atoms with Crippen molar-refractivity contribution in [2.75, 3.05) is 26.2 Å². The molecule has 0 aromatic heterocycles. The molecule has 2 aliphatic rings. The first kappa shape index (κ1) is 12.4. The van der Waals surface area contributed by atoms with E-state index in [1.165, 1.54) is 64.7 Å². The van der Waals surface area contributed by atoms with E-state index in [1.54, 1.807) is 0 Å². The van der Waals surface area contributed by atoms with Crippen molar-refractivity contribution >= 4 is 0 Å². The van der Waals surface area contributed by atoms with Crippen LogP contribution in [0.25, 0.3) is 0 Å². The maximum Gasteiger partial charge on any atom is 0.0309 e. The van der Waals surface area contributed by atoms with Gasteiger partial charge in [-0.15, -0.1) is 0 Å². The monoisotopic (exact) mass is 224 g/mol. The number of nitrogens with zero attached hydrogens (tertiary/aromatic N) is 1. The highest BCUT2D eigenvalue weighted by molar-refractivity contribution is 4.96. The summed E-state index contributed by atoms with van der Waals surface area (Å²) in [4.78, 5) is 2.70. The maximum atomic E-state index is 3.81. The van der Waals surface area contributed by atoms with Crippen molar-refractivity contribution in [2.45, 2.75) is 57.9 Å². The Morgan fingerprint density at radius 3 is 2.69 bits per heavy atom. The smallest absolute Gasteiger partial charge is 0.0309 e. The van der Waals surface area contributed by atoms with Gasteiger partial charge in [0, 0.05) is 31.7 Å². The Labute approximate surface area is 101 Å². The highest BCUT2D eigenvalue weighted by Gasteiger charge is 2.35. The van der Waals surface area contributed by atoms with E-state index < -0.39 is 0 Å². The van der Waals surface area contributed by atoms with Gasteiger partial charge in [-0.05, 0) is 18.8 Å². The van der Waals surface area contributed by atoms with E-state index in [4.69, 9.17) is 0 Å². The lowest BCUT2D eigenvalue weighted by Gasteiger charge is -2.46. The summed E-state index contributed by atoms with van der Waals surface area (Å²) >= 11 is 0. The molecule has 0 aromatic rings. The zero-order valence-electron chi connectivity index (χ0n) is 11.1. The number of piperazine rings is 1. The van der Waals surface area contributed by atoms with Crippen molar-refractivity contribution in [1.29, 1.82) is 0 Å². The molecule has 1 spiro atoms. The third-order valence-corrected chi connectivity index (χ3v) is 4.53. The van der Waals surface area contributed by atoms with Gasteiger partial charge in [-0.2, -0.15) is 0 Å². The first-order valence-electron chi connectivity index (χ1n) is 7.21. The molecular formula is C14H28N2. The molecule has 0 aromatic carbocycles. The average Bonchev–Trinajstić information content (AvgIpc) is 2.30. The van der Waals surface area contributed by atoms with E-state index in [1.807, 2.05) is 0 Å². The van der Waals surface area contributed by atoms with Crippen LogP contribution >= 0.6 is 0 Å². The van der Waals surface area contributed by atoms with Gasteiger partial charge < -0.3 is 5.32 Å². The molecule has 1 N–H and O–H groups in total. The van der Waals surface area contributed by atoms with Gasteiger partial charge in [0.1, 0.15) is 0 Å². The highest BCUT2D eigenvalue weighted by atomic mass is 15.2. The van der Waals surface area contributed by atoms with Crippen LogP contribution in [0.15, 0.2) is 0 Å². The molecule has 2 heteroatoms. The number of rotatable bonds is 3. The molecule has 1 saturated heterocycles. The van der Waals surface area contributed by atoms with Crippen LogP contribution in [0.1, 0.15) is 52.4 Å². The topological polar surface area (TPSA) is 15.3 Å². The summed E-state index contributed by atoms with van der Waals surface area (Å²) in [6.07, 6.45) is 8.45. The largest absolute Gasteiger partial charge is 0.309 e. The van der Waals surface area contributed by atoms with Crippen LogP contribution < -0.4 is 5.32 Å². The van der Waals surface area contributed by atoms with Gasteiger partial charge in [0.15, 0.2) is 0 Å². The van der Waals surface area contributed by atoms with Crippen LogP contribution in [-0.2, 0) is 0 Å². The molecule has 1 aliphatic heterocycles. The van der Waals surface area contributed by atoms with Gasteiger partial charge in [-0.25, -0.2) is 0 Å². The van der Waals surface area contributed by atoms with Crippen molar-refractivity contribution in [3.05, 3.63) is 0 Å². The molecule has 2 nitrogen and oxygen atoms in total. The predicted octanol–water partition coefficient (Wildman–Crippen LogP) is 2.64. The fourth-order valence-corrected chi connectivity index (χ4v) is 3.33. The van der Waals surface area contributed by atoms with E-state index in [-0.39, 0.29) is 0 Å². The molecule has 1 atom stereocenters. The molecule has 1 heterocycles. The fourth-order valence-electron chi connectivity index (χ4n) is 3.33. The zero-order chi connectivity index (χ0) is 11.4. The van der Waals surface area contributed by atoms with Gasteiger partial charge >= 0.3 is 0 Å². The van der Waals surface area contributed by atoms with E-state index in [0.717, 1.165) is 5.92 Å². The summed E-state index contributed by atoms with van der Waals surface area (Å²) in [5.74, 6) is 0.860. The third kappa shape index (κ3) is 2.98. The molecule has 1 unspecified atom stereocenters. The molecule has 2 fully saturated rings. The highest BCUT2D eigenvalue weighted by Crippen LogP contribution is 2.30. The molecule has 0 amide bonds. The fraction of sp³-hybridized carbons (Fsp3) is 1.00. The van der Waals surface area contributed by atoms with Gasteiger partial charge in [0.2, 0.25) is 0 Å². The van der Waals surface area contributed by atoms with Gasteiger partial charge in [-0.1, -0.05) is 39.5 Å². The second-order valence-electron chi connectivity index (χ2n) is 6.02. The molecule has 16 heavy (non-hydrogen) atoms. The lowest BCUT2D eigenvalue weighted by molar-refractivity contribution is 0.0888. The van der Waals surface area contributed by atoms with Crippen LogP contribution in [0.3, 0.4) is 0 Å². The van der Waals surface area contributed by atoms with E-state index in [9.17, 15) is 0 Å². The van der Waals surface area contributed by atoms with Gasteiger partial charge in [-0.3, -0.25) is 4.90 Å². The summed E-state index contributed by atoms with van der Waals surface area (Å²) in [5, 5.41) is 3.81. The first-order valence-corrected chi connectivity index (χ1v) is 7.21. The summed E-state index contributed by atoms with van der Waals surface area (Å²) < 4.78 is 0. The lowest BCUT2D eigenvalue weighted by Crippen LogP contribution is -2.61. The van der Waals surface area contributed by atoms with E-state index in [0.29, 0.717) is 5.54 Å². The van der Waals surface area contributed by atoms with Crippen molar-refractivity contribution in [3.63, 3.8) is 0 Å². The summed E-state index contributed by atoms with van der Waals surface area (Å²) in [5.41, 5.74) is 0.490. The van der Waals surface area contributed by atoms with Crippen molar-refractivity contribution in [2.24, 2.45) is 5.92 Å². The summed E-state index contributed by atoms with van der Waals surface area (Å²) in [6.45, 7) is 9.76. The maximum absolute atomic E-state index is 3.81. The Bertz CT molecular complexity index is 203. The minimum absolute atomic E-state index is 0.490. The van der Waals surface area contributed by atoms with Crippen LogP contribution in [-0.4, -0.2) is 36.6 Å². The van der Waals surface area contributed by atoms with Crippen LogP contribution in [0, 0.1) is 5.92 Å². The Hall–Kier alpha value is -0.0800. The van der Waals surface area contributed by atoms with Crippen molar-refractivity contribution in [1.82, 2.24) is 10.2 Å². The van der Waals surface area contributed by atoms with E-state index >= 15 is 0 Å². The first-order chi connectivity index (χ1) is 7.74. The van der Waals surface area contributed by atoms with Crippen molar-refractivity contribution < 1.29 is 0 Å². The molecule has 0 bridgehead atoms. The summed E-state index contributed by atoms with van der Waals surface area (Å²) in [7, 11) is 0. The molecule has 94 valence electrons. The number of hydrogen-bond acceptors (Lipinski definition) is 2. The number of nitrogens with one attached hydrogen (secondary N) is 1. The second kappa shape index (κ2) is 5.50. The van der Waals surface area contributed by atoms with Crippen molar-refractivity contribution in [3.8, 4) is 0 Å². The molecule has 0 radical (unpaired) electrons. The second-order valence-corrected chi connectivity index (χ2v) is 6.02. The Morgan fingerprint density at radius 1 is 1.25 bits per heavy atom. The minimum Gasteiger partial charge on any atom is -0.309 e. The van der Waals surface area contributed by atoms with Gasteiger partial charge in [0.25, 0.3) is 0 Å². The normalized spacial score (nSPS) is 28.1. The Morgan fingerprint density at radius 2 is 2.00 bits per heavy atom. The van der Waals surface area contributed by atoms with Crippen LogP contribution in [0.5, 0.6) is 0 Å².